The van der Waals surface area contributed by atoms with Crippen LogP contribution in [0.5, 0.6) is 0 Å². The highest BCUT2D eigenvalue weighted by Gasteiger charge is 2.35. The molecule has 1 saturated carbocycles. The zero-order chi connectivity index (χ0) is 13.8. The van der Waals surface area contributed by atoms with Crippen LogP contribution in [0.15, 0.2) is 0 Å². The first-order valence-electron chi connectivity index (χ1n) is 6.10. The Kier molecular flexibility index (Phi) is 4.60. The molecule has 1 rings (SSSR count). The fraction of sp³-hybridized carbons (Fsp3) is 0.692. The van der Waals surface area contributed by atoms with E-state index in [4.69, 9.17) is 11.5 Å². The van der Waals surface area contributed by atoms with Crippen molar-refractivity contribution in [1.29, 1.82) is 0 Å². The normalized spacial score (nSPS) is 22.8. The number of carboxylic acid groups (broad SMARTS) is 1. The van der Waals surface area contributed by atoms with Gasteiger partial charge in [0.15, 0.2) is 0 Å². The summed E-state index contributed by atoms with van der Waals surface area (Å²) in [5.74, 6) is 1.12. The first-order valence-corrected chi connectivity index (χ1v) is 6.10. The lowest BCUT2D eigenvalue weighted by Crippen LogP contribution is -2.51. The Balaban J connectivity index is 2.51. The van der Waals surface area contributed by atoms with Crippen LogP contribution in [0.2, 0.25) is 0 Å². The topological polar surface area (TPSA) is 78.4 Å². The van der Waals surface area contributed by atoms with Gasteiger partial charge < -0.3 is 15.7 Å². The lowest BCUT2D eigenvalue weighted by Gasteiger charge is -2.28. The molecule has 0 spiro atoms. The number of hydrogen-bond donors (Lipinski definition) is 3. The van der Waals surface area contributed by atoms with Crippen LogP contribution >= 0.6 is 0 Å². The van der Waals surface area contributed by atoms with Crippen LogP contribution in [0.1, 0.15) is 39.5 Å². The van der Waals surface area contributed by atoms with Crippen LogP contribution in [0, 0.1) is 17.8 Å². The molecular formula is C13H20N2O3. The first-order chi connectivity index (χ1) is 8.36. The van der Waals surface area contributed by atoms with Crippen molar-refractivity contribution in [2.24, 2.45) is 5.41 Å². The number of carbonyl (C=O) groups excluding carboxylic acids is 1. The molecule has 5 heteroatoms. The molecule has 2 unspecified atom stereocenters. The minimum Gasteiger partial charge on any atom is -0.480 e. The Morgan fingerprint density at radius 2 is 2.22 bits per heavy atom. The van der Waals surface area contributed by atoms with E-state index in [9.17, 15) is 9.59 Å². The molecular weight excluding hydrogens is 232 g/mol. The van der Waals surface area contributed by atoms with Crippen LogP contribution in [-0.2, 0) is 4.79 Å². The third-order valence-electron chi connectivity index (χ3n) is 3.49. The summed E-state index contributed by atoms with van der Waals surface area (Å²) >= 11 is 0. The lowest BCUT2D eigenvalue weighted by molar-refractivity contribution is -0.139. The fourth-order valence-electron chi connectivity index (χ4n) is 2.27. The number of hydrogen-bond acceptors (Lipinski definition) is 2. The number of carboxylic acids is 1. The number of nitrogens with one attached hydrogen (secondary N) is 2. The predicted octanol–water partition coefficient (Wildman–Crippen LogP) is 1.34. The zero-order valence-electron chi connectivity index (χ0n) is 10.8. The quantitative estimate of drug-likeness (QED) is 0.661. The molecule has 0 bridgehead atoms. The number of terminal acetylenes is 1. The Morgan fingerprint density at radius 3 is 2.67 bits per heavy atom. The van der Waals surface area contributed by atoms with E-state index in [1.54, 1.807) is 0 Å². The van der Waals surface area contributed by atoms with Crippen molar-refractivity contribution in [3.05, 3.63) is 0 Å². The molecule has 0 aromatic heterocycles. The number of rotatable bonds is 4. The van der Waals surface area contributed by atoms with Gasteiger partial charge in [-0.1, -0.05) is 20.3 Å². The van der Waals surface area contributed by atoms with Crippen LogP contribution in [-0.4, -0.2) is 29.2 Å². The van der Waals surface area contributed by atoms with E-state index in [-0.39, 0.29) is 17.9 Å². The third kappa shape index (κ3) is 3.66. The molecule has 100 valence electrons. The van der Waals surface area contributed by atoms with Crippen molar-refractivity contribution >= 4 is 12.0 Å². The molecule has 0 saturated heterocycles. The van der Waals surface area contributed by atoms with E-state index in [0.29, 0.717) is 0 Å². The second-order valence-electron chi connectivity index (χ2n) is 5.35. The summed E-state index contributed by atoms with van der Waals surface area (Å²) in [5.41, 5.74) is 0.0577. The zero-order valence-corrected chi connectivity index (χ0v) is 10.8. The fourth-order valence-corrected chi connectivity index (χ4v) is 2.27. The van der Waals surface area contributed by atoms with Gasteiger partial charge in [0.1, 0.15) is 6.04 Å². The summed E-state index contributed by atoms with van der Waals surface area (Å²) in [5, 5.41) is 14.1. The Bertz CT molecular complexity index is 371. The summed E-state index contributed by atoms with van der Waals surface area (Å²) in [6, 6.07) is -1.41. The molecule has 0 heterocycles. The molecule has 0 radical (unpaired) electrons. The predicted molar refractivity (Wildman–Crippen MR) is 68.0 cm³/mol. The summed E-state index contributed by atoms with van der Waals surface area (Å²) < 4.78 is 0. The molecule has 0 aliphatic heterocycles. The number of carbonyl (C=O) groups is 2. The van der Waals surface area contributed by atoms with Gasteiger partial charge in [0.25, 0.3) is 0 Å². The standard InChI is InChI=1S/C13H20N2O3/c1-4-6-9(11(16)17)14-12(18)15-10-7-5-8-13(10,2)3/h1,9-10H,5-8H2,2-3H3,(H,16,17)(H2,14,15,18). The molecule has 1 aliphatic rings. The van der Waals surface area contributed by atoms with Crippen LogP contribution in [0.3, 0.4) is 0 Å². The maximum absolute atomic E-state index is 11.7. The Hall–Kier alpha value is -1.70. The molecule has 18 heavy (non-hydrogen) atoms. The van der Waals surface area contributed by atoms with Gasteiger partial charge in [-0.2, -0.15) is 0 Å². The summed E-state index contributed by atoms with van der Waals surface area (Å²) in [7, 11) is 0. The molecule has 2 amide bonds. The van der Waals surface area contributed by atoms with Crippen molar-refractivity contribution in [2.75, 3.05) is 0 Å². The van der Waals surface area contributed by atoms with E-state index in [1.807, 2.05) is 0 Å². The third-order valence-corrected chi connectivity index (χ3v) is 3.49. The van der Waals surface area contributed by atoms with Gasteiger partial charge in [-0.05, 0) is 18.3 Å². The summed E-state index contributed by atoms with van der Waals surface area (Å²) in [6.07, 6.45) is 8.11. The van der Waals surface area contributed by atoms with Crippen molar-refractivity contribution < 1.29 is 14.7 Å². The largest absolute Gasteiger partial charge is 0.480 e. The van der Waals surface area contributed by atoms with E-state index >= 15 is 0 Å². The smallest absolute Gasteiger partial charge is 0.327 e. The number of amides is 2. The second kappa shape index (κ2) is 5.76. The maximum atomic E-state index is 11.7. The maximum Gasteiger partial charge on any atom is 0.327 e. The highest BCUT2D eigenvalue weighted by atomic mass is 16.4. The molecule has 1 fully saturated rings. The number of aliphatic carboxylic acids is 1. The molecule has 1 aliphatic carbocycles. The minimum atomic E-state index is -1.12. The van der Waals surface area contributed by atoms with Gasteiger partial charge in [0, 0.05) is 12.5 Å². The molecule has 2 atom stereocenters. The highest BCUT2D eigenvalue weighted by molar-refractivity contribution is 5.82. The lowest BCUT2D eigenvalue weighted by atomic mass is 9.87. The Morgan fingerprint density at radius 1 is 1.56 bits per heavy atom. The van der Waals surface area contributed by atoms with Gasteiger partial charge >= 0.3 is 12.0 Å². The molecule has 0 aromatic rings. The Labute approximate surface area is 107 Å². The van der Waals surface area contributed by atoms with Gasteiger partial charge in [-0.3, -0.25) is 0 Å². The average molecular weight is 252 g/mol. The highest BCUT2D eigenvalue weighted by Crippen LogP contribution is 2.36. The van der Waals surface area contributed by atoms with E-state index in [2.05, 4.69) is 30.4 Å². The van der Waals surface area contributed by atoms with Crippen molar-refractivity contribution in [3.63, 3.8) is 0 Å². The van der Waals surface area contributed by atoms with Crippen LogP contribution in [0.25, 0.3) is 0 Å². The molecule has 5 nitrogen and oxygen atoms in total. The van der Waals surface area contributed by atoms with Gasteiger partial charge in [0.05, 0.1) is 0 Å². The van der Waals surface area contributed by atoms with Gasteiger partial charge in [-0.15, -0.1) is 12.3 Å². The average Bonchev–Trinajstić information content (AvgIpc) is 2.57. The summed E-state index contributed by atoms with van der Waals surface area (Å²) in [4.78, 5) is 22.6. The van der Waals surface area contributed by atoms with Gasteiger partial charge in [-0.25, -0.2) is 9.59 Å². The van der Waals surface area contributed by atoms with Crippen molar-refractivity contribution in [3.8, 4) is 12.3 Å². The molecule has 3 N–H and O–H groups in total. The minimum absolute atomic E-state index is 0.0171. The van der Waals surface area contributed by atoms with Gasteiger partial charge in [0.2, 0.25) is 0 Å². The van der Waals surface area contributed by atoms with Crippen molar-refractivity contribution in [2.45, 2.75) is 51.6 Å². The molecule has 0 aromatic carbocycles. The van der Waals surface area contributed by atoms with Crippen LogP contribution in [0.4, 0.5) is 4.79 Å². The van der Waals surface area contributed by atoms with Crippen LogP contribution < -0.4 is 10.6 Å². The number of urea groups is 1. The monoisotopic (exact) mass is 252 g/mol. The second-order valence-corrected chi connectivity index (χ2v) is 5.35. The van der Waals surface area contributed by atoms with Crippen molar-refractivity contribution in [1.82, 2.24) is 10.6 Å². The SMILES string of the molecule is C#CCC(NC(=O)NC1CCCC1(C)C)C(=O)O. The van der Waals surface area contributed by atoms with E-state index in [1.165, 1.54) is 0 Å². The summed E-state index contributed by atoms with van der Waals surface area (Å²) in [6.45, 7) is 4.20. The first kappa shape index (κ1) is 14.4. The van der Waals surface area contributed by atoms with E-state index in [0.717, 1.165) is 19.3 Å². The van der Waals surface area contributed by atoms with E-state index < -0.39 is 18.0 Å².